The van der Waals surface area contributed by atoms with Gasteiger partial charge in [-0.3, -0.25) is 4.79 Å². The minimum absolute atomic E-state index is 0.196. The van der Waals surface area contributed by atoms with Gasteiger partial charge in [-0.1, -0.05) is 43.3 Å². The summed E-state index contributed by atoms with van der Waals surface area (Å²) < 4.78 is 2.27. The van der Waals surface area contributed by atoms with Crippen molar-refractivity contribution in [2.24, 2.45) is 0 Å². The fraction of sp³-hybridized carbons (Fsp3) is 0.455. The Labute approximate surface area is 170 Å². The van der Waals surface area contributed by atoms with Gasteiger partial charge in [-0.2, -0.15) is 0 Å². The molecule has 0 fully saturated rings. The van der Waals surface area contributed by atoms with Gasteiger partial charge in [0, 0.05) is 53.9 Å². The molecule has 28 heavy (non-hydrogen) atoms. The highest BCUT2D eigenvalue weighted by Crippen LogP contribution is 2.28. The molecular formula is C22H28N4OS. The zero-order chi connectivity index (χ0) is 19.7. The van der Waals surface area contributed by atoms with Crippen molar-refractivity contribution in [2.45, 2.75) is 58.3 Å². The fourth-order valence-electron chi connectivity index (χ4n) is 3.91. The molecule has 1 aromatic carbocycles. The maximum absolute atomic E-state index is 12.9. The summed E-state index contributed by atoms with van der Waals surface area (Å²) >= 11 is 1.57. The van der Waals surface area contributed by atoms with E-state index in [2.05, 4.69) is 47.7 Å². The van der Waals surface area contributed by atoms with Gasteiger partial charge in [0.15, 0.2) is 5.16 Å². The number of para-hydroxylation sites is 1. The van der Waals surface area contributed by atoms with E-state index in [-0.39, 0.29) is 5.91 Å². The third-order valence-corrected chi connectivity index (χ3v) is 6.68. The van der Waals surface area contributed by atoms with Crippen LogP contribution < -0.4 is 0 Å². The predicted molar refractivity (Wildman–Crippen MR) is 115 cm³/mol. The lowest BCUT2D eigenvalue weighted by Gasteiger charge is -2.27. The van der Waals surface area contributed by atoms with Gasteiger partial charge in [0.1, 0.15) is 0 Å². The number of carbonyl (C=O) groups is 1. The summed E-state index contributed by atoms with van der Waals surface area (Å²) in [5.74, 6) is 0.640. The number of nitrogens with zero attached hydrogens (tertiary/aromatic N) is 3. The topological polar surface area (TPSA) is 53.9 Å². The summed E-state index contributed by atoms with van der Waals surface area (Å²) in [4.78, 5) is 23.1. The fourth-order valence-corrected chi connectivity index (χ4v) is 4.93. The number of fused-ring (bicyclic) bond motifs is 3. The zero-order valence-electron chi connectivity index (χ0n) is 16.9. The first-order valence-corrected chi connectivity index (χ1v) is 11.1. The molecule has 1 N–H and O–H groups in total. The second kappa shape index (κ2) is 8.03. The number of H-pyrrole nitrogens is 1. The Balaban J connectivity index is 1.45. The molecule has 4 rings (SSSR count). The van der Waals surface area contributed by atoms with Crippen LogP contribution in [0.25, 0.3) is 10.9 Å². The van der Waals surface area contributed by atoms with E-state index in [1.165, 1.54) is 27.9 Å². The summed E-state index contributed by atoms with van der Waals surface area (Å²) in [6, 6.07) is 8.36. The monoisotopic (exact) mass is 396 g/mol. The molecule has 0 saturated heterocycles. The second-order valence-corrected chi connectivity index (χ2v) is 8.49. The average Bonchev–Trinajstić information content (AvgIpc) is 3.21. The summed E-state index contributed by atoms with van der Waals surface area (Å²) in [7, 11) is 0. The van der Waals surface area contributed by atoms with E-state index in [4.69, 9.17) is 4.98 Å². The van der Waals surface area contributed by atoms with E-state index in [0.717, 1.165) is 43.2 Å². The van der Waals surface area contributed by atoms with Crippen LogP contribution in [0.3, 0.4) is 0 Å². The van der Waals surface area contributed by atoms with Crippen LogP contribution in [0, 0.1) is 13.8 Å². The van der Waals surface area contributed by atoms with Crippen molar-refractivity contribution < 1.29 is 4.79 Å². The average molecular weight is 397 g/mol. The number of thioether (sulfide) groups is 1. The van der Waals surface area contributed by atoms with Gasteiger partial charge in [-0.15, -0.1) is 0 Å². The second-order valence-electron chi connectivity index (χ2n) is 7.55. The smallest absolute Gasteiger partial charge is 0.233 e. The van der Waals surface area contributed by atoms with Crippen LogP contribution in [0.2, 0.25) is 0 Å². The Morgan fingerprint density at radius 2 is 2.11 bits per heavy atom. The molecule has 5 nitrogen and oxygen atoms in total. The largest absolute Gasteiger partial charge is 0.358 e. The SMILES string of the molecule is CCCCn1c(SCC(=O)N2CCc3[nH]c4ccccc4c3C2)nc(C)c1C. The van der Waals surface area contributed by atoms with E-state index >= 15 is 0 Å². The third kappa shape index (κ3) is 3.58. The molecule has 0 atom stereocenters. The molecule has 0 unspecified atom stereocenters. The van der Waals surface area contributed by atoms with E-state index in [9.17, 15) is 4.79 Å². The number of hydrogen-bond donors (Lipinski definition) is 1. The number of rotatable bonds is 6. The van der Waals surface area contributed by atoms with Crippen molar-refractivity contribution in [3.05, 3.63) is 46.9 Å². The van der Waals surface area contributed by atoms with Crippen molar-refractivity contribution >= 4 is 28.6 Å². The van der Waals surface area contributed by atoms with Crippen molar-refractivity contribution in [2.75, 3.05) is 12.3 Å². The van der Waals surface area contributed by atoms with Crippen molar-refractivity contribution in [1.82, 2.24) is 19.4 Å². The highest BCUT2D eigenvalue weighted by molar-refractivity contribution is 7.99. The van der Waals surface area contributed by atoms with Crippen LogP contribution in [0.1, 0.15) is 42.4 Å². The summed E-state index contributed by atoms with van der Waals surface area (Å²) in [6.45, 7) is 8.81. The molecule has 0 aliphatic carbocycles. The molecule has 1 amide bonds. The summed E-state index contributed by atoms with van der Waals surface area (Å²) in [6.07, 6.45) is 3.18. The molecule has 1 aliphatic rings. The van der Waals surface area contributed by atoms with Gasteiger partial charge in [0.05, 0.1) is 11.4 Å². The van der Waals surface area contributed by atoms with Crippen LogP contribution in [0.5, 0.6) is 0 Å². The molecule has 6 heteroatoms. The van der Waals surface area contributed by atoms with Crippen molar-refractivity contribution in [1.29, 1.82) is 0 Å². The van der Waals surface area contributed by atoms with Crippen LogP contribution in [0.4, 0.5) is 0 Å². The number of unbranched alkanes of at least 4 members (excludes halogenated alkanes) is 1. The highest BCUT2D eigenvalue weighted by atomic mass is 32.2. The summed E-state index contributed by atoms with van der Waals surface area (Å²) in [5, 5.41) is 2.21. The van der Waals surface area contributed by atoms with Gasteiger partial charge in [0.25, 0.3) is 0 Å². The van der Waals surface area contributed by atoms with Crippen LogP contribution in [-0.4, -0.2) is 37.6 Å². The van der Waals surface area contributed by atoms with Crippen LogP contribution >= 0.6 is 11.8 Å². The standard InChI is InChI=1S/C22H28N4OS/c1-4-5-11-26-16(3)15(2)23-22(26)28-14-21(27)25-12-10-20-18(13-25)17-8-6-7-9-19(17)24-20/h6-9,24H,4-5,10-14H2,1-3H3. The minimum Gasteiger partial charge on any atom is -0.358 e. The molecule has 2 aromatic heterocycles. The number of aromatic amines is 1. The number of carbonyl (C=O) groups excluding carboxylic acids is 1. The number of aromatic nitrogens is 3. The quantitative estimate of drug-likeness (QED) is 0.626. The Kier molecular flexibility index (Phi) is 5.49. The molecule has 0 bridgehead atoms. The zero-order valence-corrected chi connectivity index (χ0v) is 17.7. The molecule has 1 aliphatic heterocycles. The first-order chi connectivity index (χ1) is 13.6. The molecule has 0 radical (unpaired) electrons. The third-order valence-electron chi connectivity index (χ3n) is 5.72. The molecule has 3 heterocycles. The Hall–Kier alpha value is -2.21. The number of imidazole rings is 1. The Bertz CT molecular complexity index is 1000. The van der Waals surface area contributed by atoms with Crippen LogP contribution in [-0.2, 0) is 24.3 Å². The van der Waals surface area contributed by atoms with E-state index < -0.39 is 0 Å². The highest BCUT2D eigenvalue weighted by Gasteiger charge is 2.24. The number of hydrogen-bond acceptors (Lipinski definition) is 3. The number of nitrogens with one attached hydrogen (secondary N) is 1. The summed E-state index contributed by atoms with van der Waals surface area (Å²) in [5.41, 5.74) is 5.99. The predicted octanol–water partition coefficient (Wildman–Crippen LogP) is 4.46. The van der Waals surface area contributed by atoms with Crippen molar-refractivity contribution in [3.8, 4) is 0 Å². The maximum atomic E-state index is 12.9. The Morgan fingerprint density at radius 3 is 2.93 bits per heavy atom. The lowest BCUT2D eigenvalue weighted by Crippen LogP contribution is -2.37. The molecule has 0 spiro atoms. The first kappa shape index (κ1) is 19.1. The molecule has 3 aromatic rings. The maximum Gasteiger partial charge on any atom is 0.233 e. The van der Waals surface area contributed by atoms with E-state index in [1.807, 2.05) is 11.8 Å². The normalized spacial score (nSPS) is 13.9. The van der Waals surface area contributed by atoms with Gasteiger partial charge in [-0.05, 0) is 26.3 Å². The number of amides is 1. The van der Waals surface area contributed by atoms with Gasteiger partial charge < -0.3 is 14.5 Å². The lowest BCUT2D eigenvalue weighted by atomic mass is 10.0. The Morgan fingerprint density at radius 1 is 1.29 bits per heavy atom. The molecule has 148 valence electrons. The van der Waals surface area contributed by atoms with Gasteiger partial charge in [-0.25, -0.2) is 4.98 Å². The van der Waals surface area contributed by atoms with Crippen molar-refractivity contribution in [3.63, 3.8) is 0 Å². The van der Waals surface area contributed by atoms with Crippen LogP contribution in [0.15, 0.2) is 29.4 Å². The molecular weight excluding hydrogens is 368 g/mol. The first-order valence-electron chi connectivity index (χ1n) is 10.1. The number of benzene rings is 1. The van der Waals surface area contributed by atoms with Gasteiger partial charge in [0.2, 0.25) is 5.91 Å². The van der Waals surface area contributed by atoms with E-state index in [0.29, 0.717) is 12.3 Å². The lowest BCUT2D eigenvalue weighted by molar-refractivity contribution is -0.129. The number of aryl methyl sites for hydroxylation is 1. The van der Waals surface area contributed by atoms with Gasteiger partial charge >= 0.3 is 0 Å². The molecule has 0 saturated carbocycles. The van der Waals surface area contributed by atoms with E-state index in [1.54, 1.807) is 11.8 Å². The minimum atomic E-state index is 0.196.